The third-order valence-electron chi connectivity index (χ3n) is 4.13. The SMILES string of the molecule is Clc1ccc(CN(Cc2cccnc2)C[C@@H]2CCNC2)cc1. The van der Waals surface area contributed by atoms with Gasteiger partial charge in [0.25, 0.3) is 0 Å². The van der Waals surface area contributed by atoms with E-state index in [2.05, 4.69) is 33.4 Å². The second kappa shape index (κ2) is 7.73. The van der Waals surface area contributed by atoms with Gasteiger partial charge in [0, 0.05) is 37.1 Å². The van der Waals surface area contributed by atoms with Crippen LogP contribution in [0.4, 0.5) is 0 Å². The number of hydrogen-bond acceptors (Lipinski definition) is 3. The molecule has 3 nitrogen and oxygen atoms in total. The van der Waals surface area contributed by atoms with Crippen LogP contribution in [0.3, 0.4) is 0 Å². The highest BCUT2D eigenvalue weighted by atomic mass is 35.5. The molecule has 22 heavy (non-hydrogen) atoms. The molecule has 2 heterocycles. The van der Waals surface area contributed by atoms with Crippen LogP contribution < -0.4 is 5.32 Å². The molecule has 0 aliphatic carbocycles. The first-order valence-electron chi connectivity index (χ1n) is 7.86. The second-order valence-electron chi connectivity index (χ2n) is 6.02. The average Bonchev–Trinajstić information content (AvgIpc) is 3.03. The van der Waals surface area contributed by atoms with Crippen LogP contribution in [0.5, 0.6) is 0 Å². The van der Waals surface area contributed by atoms with Gasteiger partial charge in [-0.05, 0) is 54.8 Å². The third kappa shape index (κ3) is 4.54. The molecule has 0 bridgehead atoms. The van der Waals surface area contributed by atoms with Gasteiger partial charge < -0.3 is 5.32 Å². The molecule has 116 valence electrons. The molecule has 1 aromatic heterocycles. The van der Waals surface area contributed by atoms with E-state index in [0.29, 0.717) is 0 Å². The van der Waals surface area contributed by atoms with Gasteiger partial charge in [-0.15, -0.1) is 0 Å². The highest BCUT2D eigenvalue weighted by Gasteiger charge is 2.18. The minimum atomic E-state index is 0.740. The van der Waals surface area contributed by atoms with E-state index in [0.717, 1.165) is 43.7 Å². The lowest BCUT2D eigenvalue weighted by molar-refractivity contribution is 0.220. The maximum absolute atomic E-state index is 5.99. The van der Waals surface area contributed by atoms with Gasteiger partial charge in [0.1, 0.15) is 0 Å². The molecule has 4 heteroatoms. The van der Waals surface area contributed by atoms with Gasteiger partial charge in [0.2, 0.25) is 0 Å². The number of nitrogens with one attached hydrogen (secondary N) is 1. The van der Waals surface area contributed by atoms with Crippen LogP contribution in [0, 0.1) is 5.92 Å². The first-order chi connectivity index (χ1) is 10.8. The van der Waals surface area contributed by atoms with E-state index in [1.54, 1.807) is 0 Å². The van der Waals surface area contributed by atoms with Crippen molar-refractivity contribution in [3.63, 3.8) is 0 Å². The number of rotatable bonds is 6. The van der Waals surface area contributed by atoms with Crippen molar-refractivity contribution in [1.29, 1.82) is 0 Å². The number of benzene rings is 1. The summed E-state index contributed by atoms with van der Waals surface area (Å²) in [7, 11) is 0. The van der Waals surface area contributed by atoms with Crippen LogP contribution in [0.15, 0.2) is 48.8 Å². The van der Waals surface area contributed by atoms with Crippen LogP contribution in [0.1, 0.15) is 17.5 Å². The lowest BCUT2D eigenvalue weighted by Crippen LogP contribution is -2.30. The zero-order chi connectivity index (χ0) is 15.2. The molecule has 0 radical (unpaired) electrons. The number of pyridine rings is 1. The predicted molar refractivity (Wildman–Crippen MR) is 90.8 cm³/mol. The monoisotopic (exact) mass is 315 g/mol. The van der Waals surface area contributed by atoms with Crippen LogP contribution in [0.2, 0.25) is 5.02 Å². The van der Waals surface area contributed by atoms with Crippen molar-refractivity contribution in [3.8, 4) is 0 Å². The molecular formula is C18H22ClN3. The Bertz CT molecular complexity index is 565. The Balaban J connectivity index is 1.68. The molecule has 1 saturated heterocycles. The maximum atomic E-state index is 5.99. The summed E-state index contributed by atoms with van der Waals surface area (Å²) < 4.78 is 0. The Morgan fingerprint density at radius 1 is 1.14 bits per heavy atom. The Labute approximate surface area is 137 Å². The summed E-state index contributed by atoms with van der Waals surface area (Å²) in [6, 6.07) is 12.3. The highest BCUT2D eigenvalue weighted by Crippen LogP contribution is 2.17. The van der Waals surface area contributed by atoms with Crippen molar-refractivity contribution in [2.45, 2.75) is 19.5 Å². The molecule has 0 saturated carbocycles. The largest absolute Gasteiger partial charge is 0.316 e. The summed E-state index contributed by atoms with van der Waals surface area (Å²) in [5, 5.41) is 4.25. The van der Waals surface area contributed by atoms with Gasteiger partial charge >= 0.3 is 0 Å². The predicted octanol–water partition coefficient (Wildman–Crippen LogP) is 3.35. The summed E-state index contributed by atoms with van der Waals surface area (Å²) in [5.41, 5.74) is 2.57. The molecular weight excluding hydrogens is 294 g/mol. The van der Waals surface area contributed by atoms with E-state index in [1.165, 1.54) is 17.5 Å². The van der Waals surface area contributed by atoms with Gasteiger partial charge in [0.15, 0.2) is 0 Å². The summed E-state index contributed by atoms with van der Waals surface area (Å²) in [6.45, 7) is 5.27. The number of aromatic nitrogens is 1. The summed E-state index contributed by atoms with van der Waals surface area (Å²) >= 11 is 5.99. The third-order valence-corrected chi connectivity index (χ3v) is 4.38. The molecule has 1 fully saturated rings. The van der Waals surface area contributed by atoms with Crippen LogP contribution >= 0.6 is 11.6 Å². The number of nitrogens with zero attached hydrogens (tertiary/aromatic N) is 2. The summed E-state index contributed by atoms with van der Waals surface area (Å²) in [5.74, 6) is 0.740. The molecule has 1 aromatic carbocycles. The molecule has 1 atom stereocenters. The molecule has 0 amide bonds. The van der Waals surface area contributed by atoms with E-state index >= 15 is 0 Å². The fourth-order valence-electron chi connectivity index (χ4n) is 3.02. The molecule has 1 aliphatic rings. The van der Waals surface area contributed by atoms with Gasteiger partial charge in [-0.3, -0.25) is 9.88 Å². The Morgan fingerprint density at radius 3 is 2.64 bits per heavy atom. The maximum Gasteiger partial charge on any atom is 0.0406 e. The topological polar surface area (TPSA) is 28.2 Å². The van der Waals surface area contributed by atoms with E-state index in [9.17, 15) is 0 Å². The molecule has 0 spiro atoms. The van der Waals surface area contributed by atoms with Gasteiger partial charge in [-0.2, -0.15) is 0 Å². The van der Waals surface area contributed by atoms with E-state index < -0.39 is 0 Å². The van der Waals surface area contributed by atoms with Crippen molar-refractivity contribution >= 4 is 11.6 Å². The number of halogens is 1. The van der Waals surface area contributed by atoms with Crippen LogP contribution in [-0.4, -0.2) is 29.5 Å². The van der Waals surface area contributed by atoms with Gasteiger partial charge in [0.05, 0.1) is 0 Å². The van der Waals surface area contributed by atoms with E-state index in [1.807, 2.05) is 30.6 Å². The molecule has 1 aliphatic heterocycles. The number of hydrogen-bond donors (Lipinski definition) is 1. The van der Waals surface area contributed by atoms with E-state index in [-0.39, 0.29) is 0 Å². The molecule has 3 rings (SSSR count). The lowest BCUT2D eigenvalue weighted by Gasteiger charge is -2.25. The highest BCUT2D eigenvalue weighted by molar-refractivity contribution is 6.30. The van der Waals surface area contributed by atoms with Gasteiger partial charge in [-0.1, -0.05) is 29.8 Å². The zero-order valence-corrected chi connectivity index (χ0v) is 13.5. The fraction of sp³-hybridized carbons (Fsp3) is 0.389. The smallest absolute Gasteiger partial charge is 0.0406 e. The molecule has 0 unspecified atom stereocenters. The quantitative estimate of drug-likeness (QED) is 0.886. The van der Waals surface area contributed by atoms with Crippen molar-refractivity contribution in [2.24, 2.45) is 5.92 Å². The first kappa shape index (κ1) is 15.5. The summed E-state index contributed by atoms with van der Waals surface area (Å²) in [4.78, 5) is 6.74. The normalized spacial score (nSPS) is 18.0. The van der Waals surface area contributed by atoms with Crippen molar-refractivity contribution in [2.75, 3.05) is 19.6 Å². The lowest BCUT2D eigenvalue weighted by atomic mass is 10.1. The minimum absolute atomic E-state index is 0.740. The van der Waals surface area contributed by atoms with Crippen molar-refractivity contribution < 1.29 is 0 Å². The Morgan fingerprint density at radius 2 is 1.95 bits per heavy atom. The Kier molecular flexibility index (Phi) is 5.43. The standard InChI is InChI=1S/C18H22ClN3/c19-18-5-3-15(4-6-18)12-22(14-17-7-9-21-11-17)13-16-2-1-8-20-10-16/h1-6,8,10,17,21H,7,9,11-14H2/t17-/m1/s1. The fourth-order valence-corrected chi connectivity index (χ4v) is 3.14. The minimum Gasteiger partial charge on any atom is -0.316 e. The molecule has 1 N–H and O–H groups in total. The van der Waals surface area contributed by atoms with Crippen molar-refractivity contribution in [1.82, 2.24) is 15.2 Å². The first-order valence-corrected chi connectivity index (χ1v) is 8.24. The van der Waals surface area contributed by atoms with Crippen LogP contribution in [-0.2, 0) is 13.1 Å². The Hall–Kier alpha value is -1.42. The average molecular weight is 316 g/mol. The second-order valence-corrected chi connectivity index (χ2v) is 6.45. The van der Waals surface area contributed by atoms with E-state index in [4.69, 9.17) is 11.6 Å². The van der Waals surface area contributed by atoms with Crippen molar-refractivity contribution in [3.05, 3.63) is 64.9 Å². The van der Waals surface area contributed by atoms with Gasteiger partial charge in [-0.25, -0.2) is 0 Å². The van der Waals surface area contributed by atoms with Crippen LogP contribution in [0.25, 0.3) is 0 Å². The summed E-state index contributed by atoms with van der Waals surface area (Å²) in [6.07, 6.45) is 5.06. The zero-order valence-electron chi connectivity index (χ0n) is 12.7. The molecule has 2 aromatic rings.